The number of amides is 1. The Kier molecular flexibility index (Phi) is 4.82. The monoisotopic (exact) mass is 215 g/mol. The summed E-state index contributed by atoms with van der Waals surface area (Å²) in [4.78, 5) is 24.6. The van der Waals surface area contributed by atoms with Crippen LogP contribution in [0.2, 0.25) is 0 Å². The van der Waals surface area contributed by atoms with Crippen LogP contribution in [0.25, 0.3) is 0 Å². The third-order valence-electron chi connectivity index (χ3n) is 2.21. The van der Waals surface area contributed by atoms with E-state index in [0.29, 0.717) is 0 Å². The highest BCUT2D eigenvalue weighted by Gasteiger charge is 2.15. The molecule has 0 bridgehead atoms. The summed E-state index contributed by atoms with van der Waals surface area (Å²) in [7, 11) is -0.699. The van der Waals surface area contributed by atoms with Gasteiger partial charge in [-0.15, -0.1) is 0 Å². The van der Waals surface area contributed by atoms with Crippen molar-refractivity contribution in [2.75, 3.05) is 6.61 Å². The quantitative estimate of drug-likeness (QED) is 0.517. The first-order valence-electron chi connectivity index (χ1n) is 5.06. The molecule has 1 atom stereocenters. The first kappa shape index (κ1) is 11.4. The molecule has 0 spiro atoms. The molecule has 0 aromatic carbocycles. The van der Waals surface area contributed by atoms with E-state index in [1.54, 1.807) is 0 Å². The second-order valence-corrected chi connectivity index (χ2v) is 5.34. The van der Waals surface area contributed by atoms with Crippen molar-refractivity contribution in [2.45, 2.75) is 38.3 Å². The lowest BCUT2D eigenvalue weighted by Gasteiger charge is -2.22. The van der Waals surface area contributed by atoms with Gasteiger partial charge < -0.3 is 9.72 Å². The van der Waals surface area contributed by atoms with E-state index in [1.165, 1.54) is 13.3 Å². The van der Waals surface area contributed by atoms with Gasteiger partial charge in [-0.2, -0.15) is 0 Å². The minimum absolute atomic E-state index is 0.0136. The summed E-state index contributed by atoms with van der Waals surface area (Å²) in [5.41, 5.74) is 0.277. The van der Waals surface area contributed by atoms with Crippen molar-refractivity contribution in [3.05, 3.63) is 0 Å². The van der Waals surface area contributed by atoms with Crippen LogP contribution in [-0.4, -0.2) is 33.7 Å². The Bertz CT molecular complexity index is 214. The molecule has 1 unspecified atom stereocenters. The molecular weight excluding hydrogens is 198 g/mol. The first-order valence-corrected chi connectivity index (χ1v) is 6.58. The lowest BCUT2D eigenvalue weighted by molar-refractivity contribution is -0.126. The Labute approximate surface area is 86.3 Å². The molecule has 1 rings (SSSR count). The number of hydrogen-bond acceptors (Lipinski definition) is 3. The van der Waals surface area contributed by atoms with E-state index in [1.807, 2.05) is 0 Å². The maximum absolute atomic E-state index is 11.1. The van der Waals surface area contributed by atoms with Crippen LogP contribution in [0.4, 0.5) is 0 Å². The molecule has 1 saturated heterocycles. The molecule has 1 amide bonds. The molecule has 0 saturated carbocycles. The van der Waals surface area contributed by atoms with Crippen LogP contribution in [0.5, 0.6) is 0 Å². The van der Waals surface area contributed by atoms with Crippen LogP contribution in [0.15, 0.2) is 0 Å². The summed E-state index contributed by atoms with van der Waals surface area (Å²) in [5.74, 6) is -0.223. The second kappa shape index (κ2) is 5.92. The lowest BCUT2D eigenvalue weighted by atomic mass is 10.2. The fourth-order valence-electron chi connectivity index (χ4n) is 1.48. The molecule has 1 aliphatic rings. The van der Waals surface area contributed by atoms with Crippen molar-refractivity contribution in [1.82, 2.24) is 4.98 Å². The maximum Gasteiger partial charge on any atom is 0.219 e. The molecule has 0 aromatic rings. The molecular formula is C9H17NO3Si. The average molecular weight is 215 g/mol. The van der Waals surface area contributed by atoms with Crippen molar-refractivity contribution in [1.29, 1.82) is 0 Å². The molecule has 1 heterocycles. The van der Waals surface area contributed by atoms with Crippen LogP contribution >= 0.6 is 0 Å². The standard InChI is InChI=1S/C9H17NO3Si/c1-7(11)6-8(12)10-14-9-4-2-3-5-13-9/h9H,2-6,14H2,1H3,(H,10,12). The van der Waals surface area contributed by atoms with Gasteiger partial charge in [-0.1, -0.05) is 0 Å². The van der Waals surface area contributed by atoms with Gasteiger partial charge in [0.15, 0.2) is 9.68 Å². The van der Waals surface area contributed by atoms with Crippen molar-refractivity contribution in [3.63, 3.8) is 0 Å². The van der Waals surface area contributed by atoms with Gasteiger partial charge >= 0.3 is 0 Å². The molecule has 4 nitrogen and oxygen atoms in total. The Balaban J connectivity index is 2.12. The lowest BCUT2D eigenvalue weighted by Crippen LogP contribution is -2.39. The number of carbonyl (C=O) groups excluding carboxylic acids is 2. The van der Waals surface area contributed by atoms with Crippen LogP contribution in [0.3, 0.4) is 0 Å². The van der Waals surface area contributed by atoms with Gasteiger partial charge in [0.25, 0.3) is 0 Å². The zero-order chi connectivity index (χ0) is 10.4. The third kappa shape index (κ3) is 4.52. The van der Waals surface area contributed by atoms with E-state index >= 15 is 0 Å². The molecule has 0 radical (unpaired) electrons. The van der Waals surface area contributed by atoms with Gasteiger partial charge in [-0.3, -0.25) is 9.59 Å². The molecule has 5 heteroatoms. The minimum atomic E-state index is -0.699. The van der Waals surface area contributed by atoms with Gasteiger partial charge in [0, 0.05) is 6.61 Å². The van der Waals surface area contributed by atoms with E-state index in [0.717, 1.165) is 19.4 Å². The average Bonchev–Trinajstić information content (AvgIpc) is 2.15. The highest BCUT2D eigenvalue weighted by atomic mass is 28.2. The van der Waals surface area contributed by atoms with Crippen molar-refractivity contribution >= 4 is 21.4 Å². The van der Waals surface area contributed by atoms with Gasteiger partial charge in [0.2, 0.25) is 5.91 Å². The zero-order valence-corrected chi connectivity index (χ0v) is 9.96. The number of ether oxygens (including phenoxy) is 1. The summed E-state index contributed by atoms with van der Waals surface area (Å²) in [6.07, 6.45) is 3.40. The Morgan fingerprint density at radius 3 is 2.86 bits per heavy atom. The van der Waals surface area contributed by atoms with Crippen molar-refractivity contribution < 1.29 is 14.3 Å². The highest BCUT2D eigenvalue weighted by Crippen LogP contribution is 2.10. The zero-order valence-electron chi connectivity index (χ0n) is 8.54. The fraction of sp³-hybridized carbons (Fsp3) is 0.778. The number of ketones is 1. The molecule has 14 heavy (non-hydrogen) atoms. The predicted octanol–water partition coefficient (Wildman–Crippen LogP) is -0.308. The molecule has 0 aromatic heterocycles. The summed E-state index contributed by atoms with van der Waals surface area (Å²) in [5, 5.41) is 0. The van der Waals surface area contributed by atoms with Crippen LogP contribution in [0.1, 0.15) is 32.6 Å². The topological polar surface area (TPSA) is 55.4 Å². The molecule has 0 aliphatic carbocycles. The van der Waals surface area contributed by atoms with E-state index in [9.17, 15) is 9.59 Å². The molecule has 1 aliphatic heterocycles. The van der Waals surface area contributed by atoms with E-state index < -0.39 is 9.68 Å². The Morgan fingerprint density at radius 1 is 1.50 bits per heavy atom. The van der Waals surface area contributed by atoms with Gasteiger partial charge in [0.05, 0.1) is 12.1 Å². The van der Waals surface area contributed by atoms with Crippen LogP contribution < -0.4 is 4.98 Å². The van der Waals surface area contributed by atoms with E-state index in [2.05, 4.69) is 4.98 Å². The number of carbonyl (C=O) groups is 2. The normalized spacial score (nSPS) is 22.5. The number of Topliss-reactive ketones (excluding diaryl/α,β-unsaturated/α-hetero) is 1. The summed E-state index contributed by atoms with van der Waals surface area (Å²) < 4.78 is 5.50. The van der Waals surface area contributed by atoms with Crippen molar-refractivity contribution in [2.24, 2.45) is 0 Å². The second-order valence-electron chi connectivity index (χ2n) is 3.67. The van der Waals surface area contributed by atoms with Gasteiger partial charge in [-0.05, 0) is 26.2 Å². The smallest absolute Gasteiger partial charge is 0.219 e. The SMILES string of the molecule is CC(=O)CC(=O)N[SiH2]C1CCCCO1. The molecule has 80 valence electrons. The van der Waals surface area contributed by atoms with Gasteiger partial charge in [-0.25, -0.2) is 0 Å². The number of rotatable bonds is 4. The van der Waals surface area contributed by atoms with E-state index in [-0.39, 0.29) is 23.8 Å². The maximum atomic E-state index is 11.1. The third-order valence-corrected chi connectivity index (χ3v) is 3.91. The largest absolute Gasteiger partial charge is 0.385 e. The highest BCUT2D eigenvalue weighted by molar-refractivity contribution is 6.39. The Hall–Kier alpha value is -0.683. The molecule has 1 fully saturated rings. The fourth-order valence-corrected chi connectivity index (χ4v) is 2.84. The van der Waals surface area contributed by atoms with E-state index in [4.69, 9.17) is 4.74 Å². The summed E-state index contributed by atoms with van der Waals surface area (Å²) in [6.45, 7) is 2.25. The minimum Gasteiger partial charge on any atom is -0.385 e. The predicted molar refractivity (Wildman–Crippen MR) is 55.6 cm³/mol. The Morgan fingerprint density at radius 2 is 2.29 bits per heavy atom. The van der Waals surface area contributed by atoms with Gasteiger partial charge in [0.1, 0.15) is 5.78 Å². The van der Waals surface area contributed by atoms with Crippen LogP contribution in [0, 0.1) is 0 Å². The summed E-state index contributed by atoms with van der Waals surface area (Å²) >= 11 is 0. The number of nitrogens with one attached hydrogen (secondary N) is 1. The molecule has 1 N–H and O–H groups in total. The van der Waals surface area contributed by atoms with Crippen LogP contribution in [-0.2, 0) is 14.3 Å². The number of hydrogen-bond donors (Lipinski definition) is 1. The van der Waals surface area contributed by atoms with Crippen molar-refractivity contribution in [3.8, 4) is 0 Å². The summed E-state index contributed by atoms with van der Waals surface area (Å²) in [6, 6.07) is 0. The first-order chi connectivity index (χ1) is 6.68.